The summed E-state index contributed by atoms with van der Waals surface area (Å²) in [5.41, 5.74) is 13.9. The highest BCUT2D eigenvalue weighted by molar-refractivity contribution is 5.90. The Balaban J connectivity index is 1.13. The van der Waals surface area contributed by atoms with Crippen LogP contribution in [0.3, 0.4) is 0 Å². The van der Waals surface area contributed by atoms with Crippen molar-refractivity contribution in [2.45, 2.75) is 25.4 Å². The molecule has 3 N–H and O–H groups in total. The summed E-state index contributed by atoms with van der Waals surface area (Å²) in [4.78, 5) is 19.7. The van der Waals surface area contributed by atoms with E-state index in [4.69, 9.17) is 11.0 Å². The van der Waals surface area contributed by atoms with Crippen molar-refractivity contribution in [3.8, 4) is 39.7 Å². The van der Waals surface area contributed by atoms with Gasteiger partial charge in [0, 0.05) is 61.0 Å². The number of pyridine rings is 1. The summed E-state index contributed by atoms with van der Waals surface area (Å²) in [6.07, 6.45) is 9.10. The molecule has 0 saturated carbocycles. The van der Waals surface area contributed by atoms with Crippen molar-refractivity contribution in [1.29, 1.82) is 5.26 Å². The van der Waals surface area contributed by atoms with Crippen LogP contribution in [-0.4, -0.2) is 48.4 Å². The van der Waals surface area contributed by atoms with E-state index in [1.54, 1.807) is 30.6 Å². The average molecular weight is 596 g/mol. The molecule has 0 spiro atoms. The molecule has 9 nitrogen and oxygen atoms in total. The molecule has 5 heterocycles. The van der Waals surface area contributed by atoms with Gasteiger partial charge in [0.05, 0.1) is 23.1 Å². The monoisotopic (exact) mass is 595 g/mol. The molecule has 0 unspecified atom stereocenters. The van der Waals surface area contributed by atoms with E-state index in [0.29, 0.717) is 17.7 Å². The zero-order valence-electron chi connectivity index (χ0n) is 24.4. The first-order chi connectivity index (χ1) is 22.0. The number of aromatic nitrogens is 5. The molecule has 7 rings (SSSR count). The van der Waals surface area contributed by atoms with Crippen LogP contribution in [0.15, 0.2) is 97.6 Å². The van der Waals surface area contributed by atoms with Crippen LogP contribution in [0, 0.1) is 17.1 Å². The van der Waals surface area contributed by atoms with Gasteiger partial charge in [-0.05, 0) is 72.5 Å². The Hall–Kier alpha value is -5.66. The van der Waals surface area contributed by atoms with Crippen molar-refractivity contribution in [2.24, 2.45) is 0 Å². The number of hydrogen-bond donors (Lipinski definition) is 2. The van der Waals surface area contributed by atoms with E-state index in [-0.39, 0.29) is 11.6 Å². The lowest BCUT2D eigenvalue weighted by atomic mass is 10.00. The highest BCUT2D eigenvalue weighted by Crippen LogP contribution is 2.38. The van der Waals surface area contributed by atoms with Crippen LogP contribution in [0.1, 0.15) is 24.2 Å². The van der Waals surface area contributed by atoms with E-state index in [1.165, 1.54) is 17.7 Å². The zero-order chi connectivity index (χ0) is 30.8. The van der Waals surface area contributed by atoms with Gasteiger partial charge in [-0.15, -0.1) is 0 Å². The smallest absolute Gasteiger partial charge is 0.234 e. The number of halogens is 1. The fraction of sp³-hybridized carbons (Fsp3) is 0.171. The third kappa shape index (κ3) is 5.94. The van der Waals surface area contributed by atoms with E-state index in [1.807, 2.05) is 30.6 Å². The van der Waals surface area contributed by atoms with E-state index in [9.17, 15) is 4.39 Å². The van der Waals surface area contributed by atoms with Gasteiger partial charge in [-0.25, -0.2) is 19.3 Å². The summed E-state index contributed by atoms with van der Waals surface area (Å²) in [6, 6.07) is 25.1. The molecule has 45 heavy (non-hydrogen) atoms. The number of hydrogen-bond acceptors (Lipinski definition) is 8. The van der Waals surface area contributed by atoms with Gasteiger partial charge < -0.3 is 15.5 Å². The first-order valence-electron chi connectivity index (χ1n) is 14.8. The molecule has 0 bridgehead atoms. The molecule has 1 aliphatic heterocycles. The Morgan fingerprint density at radius 2 is 1.69 bits per heavy atom. The van der Waals surface area contributed by atoms with Crippen LogP contribution in [0.25, 0.3) is 39.2 Å². The second-order valence-corrected chi connectivity index (χ2v) is 11.2. The predicted molar refractivity (Wildman–Crippen MR) is 172 cm³/mol. The average Bonchev–Trinajstić information content (AvgIpc) is 3.45. The Morgan fingerprint density at radius 1 is 0.911 bits per heavy atom. The summed E-state index contributed by atoms with van der Waals surface area (Å²) in [5, 5.41) is 12.5. The third-order valence-electron chi connectivity index (χ3n) is 8.25. The maximum Gasteiger partial charge on any atom is 0.234 e. The van der Waals surface area contributed by atoms with Gasteiger partial charge in [-0.3, -0.25) is 9.88 Å². The molecule has 4 aromatic heterocycles. The molecule has 0 amide bonds. The Morgan fingerprint density at radius 3 is 2.44 bits per heavy atom. The molecule has 0 aliphatic carbocycles. The molecule has 222 valence electrons. The first kappa shape index (κ1) is 28.1. The fourth-order valence-electron chi connectivity index (χ4n) is 5.95. The van der Waals surface area contributed by atoms with E-state index < -0.39 is 0 Å². The van der Waals surface area contributed by atoms with Crippen LogP contribution in [0.4, 0.5) is 16.0 Å². The van der Waals surface area contributed by atoms with Gasteiger partial charge in [0.25, 0.3) is 0 Å². The van der Waals surface area contributed by atoms with Gasteiger partial charge in [-0.2, -0.15) is 5.26 Å². The number of likely N-dealkylation sites (tertiary alicyclic amines) is 1. The first-order valence-corrected chi connectivity index (χ1v) is 14.8. The van der Waals surface area contributed by atoms with Crippen LogP contribution < -0.4 is 11.1 Å². The van der Waals surface area contributed by atoms with E-state index >= 15 is 0 Å². The van der Waals surface area contributed by atoms with Crippen LogP contribution in [0.2, 0.25) is 0 Å². The standard InChI is InChI=1S/C35H30FN9/c36-26-9-7-24(8-10-26)31-22-45-28(20-41-31)18-30(29-2-1-14-40-35(29)38)34(45)25-5-3-23(4-6-25)21-44-16-12-27(13-17-44)42-32-11-15-39-33(19-37)43-32/h1-11,14-15,18,20,22,27H,12-13,16-17,21H2,(H2,38,40)(H,39,42,43). The quantitative estimate of drug-likeness (QED) is 0.224. The number of nitrogen functional groups attached to an aromatic ring is 1. The lowest BCUT2D eigenvalue weighted by molar-refractivity contribution is 0.211. The minimum atomic E-state index is -0.283. The fourth-order valence-corrected chi connectivity index (χ4v) is 5.95. The van der Waals surface area contributed by atoms with E-state index in [2.05, 4.69) is 64.9 Å². The van der Waals surface area contributed by atoms with Crippen LogP contribution in [-0.2, 0) is 6.54 Å². The second-order valence-electron chi connectivity index (χ2n) is 11.2. The lowest BCUT2D eigenvalue weighted by Gasteiger charge is -2.32. The molecule has 0 radical (unpaired) electrons. The van der Waals surface area contributed by atoms with Crippen LogP contribution >= 0.6 is 0 Å². The third-order valence-corrected chi connectivity index (χ3v) is 8.25. The second kappa shape index (κ2) is 12.1. The number of benzene rings is 2. The molecule has 1 fully saturated rings. The van der Waals surface area contributed by atoms with Crippen molar-refractivity contribution < 1.29 is 4.39 Å². The Labute approximate surface area is 259 Å². The van der Waals surface area contributed by atoms with E-state index in [0.717, 1.165) is 71.6 Å². The summed E-state index contributed by atoms with van der Waals surface area (Å²) in [5.74, 6) is 1.05. The number of anilines is 2. The number of fused-ring (bicyclic) bond motifs is 1. The summed E-state index contributed by atoms with van der Waals surface area (Å²) >= 11 is 0. The van der Waals surface area contributed by atoms with Gasteiger partial charge in [0.2, 0.25) is 5.82 Å². The van der Waals surface area contributed by atoms with Crippen molar-refractivity contribution in [1.82, 2.24) is 29.2 Å². The largest absolute Gasteiger partial charge is 0.383 e. The van der Waals surface area contributed by atoms with Crippen molar-refractivity contribution in [3.63, 3.8) is 0 Å². The summed E-state index contributed by atoms with van der Waals surface area (Å²) in [7, 11) is 0. The highest BCUT2D eigenvalue weighted by atomic mass is 19.1. The molecule has 1 aliphatic rings. The Bertz CT molecular complexity index is 2010. The normalized spacial score (nSPS) is 14.0. The predicted octanol–water partition coefficient (Wildman–Crippen LogP) is 6.19. The lowest BCUT2D eigenvalue weighted by Crippen LogP contribution is -2.38. The van der Waals surface area contributed by atoms with Gasteiger partial charge in [0.15, 0.2) is 0 Å². The number of nitrogens with zero attached hydrogens (tertiary/aromatic N) is 7. The highest BCUT2D eigenvalue weighted by Gasteiger charge is 2.21. The molecule has 2 aromatic carbocycles. The maximum atomic E-state index is 13.6. The molecule has 6 aromatic rings. The minimum Gasteiger partial charge on any atom is -0.383 e. The van der Waals surface area contributed by atoms with Crippen molar-refractivity contribution in [3.05, 3.63) is 115 Å². The molecule has 0 atom stereocenters. The number of rotatable bonds is 7. The van der Waals surface area contributed by atoms with Crippen molar-refractivity contribution >= 4 is 17.2 Å². The molecule has 1 saturated heterocycles. The SMILES string of the molecule is N#Cc1nccc(NC2CCN(Cc3ccc(-c4c(-c5cccnc5N)cc5cnc(-c6ccc(F)cc6)cn45)cc3)CC2)n1. The number of nitrogens with two attached hydrogens (primary N) is 1. The molecular weight excluding hydrogens is 565 g/mol. The molecular formula is C35H30FN9. The topological polar surface area (TPSA) is 121 Å². The number of piperidine rings is 1. The minimum absolute atomic E-state index is 0.176. The Kier molecular flexibility index (Phi) is 7.59. The van der Waals surface area contributed by atoms with Crippen molar-refractivity contribution in [2.75, 3.05) is 24.1 Å². The summed E-state index contributed by atoms with van der Waals surface area (Å²) < 4.78 is 15.7. The molecule has 10 heteroatoms. The zero-order valence-corrected chi connectivity index (χ0v) is 24.4. The number of nitrogens with one attached hydrogen (secondary N) is 1. The van der Waals surface area contributed by atoms with Gasteiger partial charge in [0.1, 0.15) is 23.5 Å². The maximum absolute atomic E-state index is 13.6. The summed E-state index contributed by atoms with van der Waals surface area (Å²) in [6.45, 7) is 2.78. The van der Waals surface area contributed by atoms with Gasteiger partial charge in [-0.1, -0.05) is 24.3 Å². The van der Waals surface area contributed by atoms with Crippen LogP contribution in [0.5, 0.6) is 0 Å². The number of nitriles is 1. The van der Waals surface area contributed by atoms with Gasteiger partial charge >= 0.3 is 0 Å².